The van der Waals surface area contributed by atoms with E-state index in [2.05, 4.69) is 60.6 Å². The summed E-state index contributed by atoms with van der Waals surface area (Å²) in [5, 5.41) is 0. The molecule has 29 heavy (non-hydrogen) atoms. The molecule has 0 amide bonds. The van der Waals surface area contributed by atoms with Gasteiger partial charge >= 0.3 is 0 Å². The third-order valence-corrected chi connectivity index (χ3v) is 7.04. The molecule has 0 saturated carbocycles. The van der Waals surface area contributed by atoms with Crippen LogP contribution in [0.4, 0.5) is 0 Å². The molecular formula is C28H48O. The molecule has 0 unspecified atom stereocenters. The van der Waals surface area contributed by atoms with Crippen LogP contribution >= 0.6 is 0 Å². The van der Waals surface area contributed by atoms with Gasteiger partial charge in [-0.25, -0.2) is 0 Å². The number of ether oxygens (including phenoxy) is 1. The normalized spacial score (nSPS) is 21.0. The highest BCUT2D eigenvalue weighted by atomic mass is 16.5. The Kier molecular flexibility index (Phi) is 9.57. The molecule has 2 rings (SSSR count). The number of hydrogen-bond donors (Lipinski definition) is 0. The van der Waals surface area contributed by atoms with E-state index in [0.29, 0.717) is 0 Å². The van der Waals surface area contributed by atoms with E-state index < -0.39 is 0 Å². The average molecular weight is 401 g/mol. The van der Waals surface area contributed by atoms with Gasteiger partial charge in [-0.2, -0.15) is 0 Å². The summed E-state index contributed by atoms with van der Waals surface area (Å²) in [7, 11) is 0. The van der Waals surface area contributed by atoms with Crippen molar-refractivity contribution in [3.8, 4) is 5.75 Å². The average Bonchev–Trinajstić information content (AvgIpc) is 2.62. The summed E-state index contributed by atoms with van der Waals surface area (Å²) in [5.41, 5.74) is 4.10. The maximum atomic E-state index is 6.55. The predicted molar refractivity (Wildman–Crippen MR) is 128 cm³/mol. The van der Waals surface area contributed by atoms with Gasteiger partial charge in [0.2, 0.25) is 0 Å². The summed E-state index contributed by atoms with van der Waals surface area (Å²) in [6.07, 6.45) is 14.6. The van der Waals surface area contributed by atoms with E-state index in [1.54, 1.807) is 0 Å². The second kappa shape index (κ2) is 11.4. The van der Waals surface area contributed by atoms with Gasteiger partial charge < -0.3 is 4.74 Å². The van der Waals surface area contributed by atoms with Gasteiger partial charge in [0, 0.05) is 0 Å². The summed E-state index contributed by atoms with van der Waals surface area (Å²) in [6.45, 7) is 16.3. The molecule has 1 aliphatic heterocycles. The highest BCUT2D eigenvalue weighted by Crippen LogP contribution is 2.39. The van der Waals surface area contributed by atoms with Crippen LogP contribution in [0.3, 0.4) is 0 Å². The number of fused-ring (bicyclic) bond motifs is 1. The fraction of sp³-hybridized carbons (Fsp3) is 0.786. The third kappa shape index (κ3) is 8.35. The zero-order valence-electron chi connectivity index (χ0n) is 20.6. The molecule has 1 heterocycles. The molecule has 0 bridgehead atoms. The minimum Gasteiger partial charge on any atom is -0.487 e. The standard InChI is InChI=1S/C28H48O/c1-21(2)11-8-12-22(3)13-9-14-23(4)15-10-17-28(7)18-16-26-20-24(5)19-25(6)27(26)29-28/h19-23H,8-18H2,1-7H3/t22-,23-,28-/m1/s1. The van der Waals surface area contributed by atoms with Crippen molar-refractivity contribution >= 4 is 0 Å². The molecule has 0 radical (unpaired) electrons. The first-order valence-corrected chi connectivity index (χ1v) is 12.5. The predicted octanol–water partition coefficient (Wildman–Crippen LogP) is 8.83. The lowest BCUT2D eigenvalue weighted by molar-refractivity contribution is 0.0516. The minimum atomic E-state index is 0.0255. The Balaban J connectivity index is 1.65. The van der Waals surface area contributed by atoms with E-state index in [9.17, 15) is 0 Å². The molecule has 1 aromatic rings. The second-order valence-electron chi connectivity index (χ2n) is 11.0. The molecule has 1 heteroatoms. The smallest absolute Gasteiger partial charge is 0.126 e. The molecule has 1 nitrogen and oxygen atoms in total. The molecular weight excluding hydrogens is 352 g/mol. The number of hydrogen-bond acceptors (Lipinski definition) is 1. The van der Waals surface area contributed by atoms with Gasteiger partial charge in [-0.05, 0) is 75.3 Å². The number of benzene rings is 1. The van der Waals surface area contributed by atoms with Crippen molar-refractivity contribution in [2.75, 3.05) is 0 Å². The van der Waals surface area contributed by atoms with Crippen LogP contribution in [-0.4, -0.2) is 5.60 Å². The minimum absolute atomic E-state index is 0.0255. The Morgan fingerprint density at radius 2 is 1.45 bits per heavy atom. The van der Waals surface area contributed by atoms with Crippen LogP contribution in [0, 0.1) is 31.6 Å². The van der Waals surface area contributed by atoms with E-state index in [4.69, 9.17) is 4.74 Å². The number of rotatable bonds is 12. The van der Waals surface area contributed by atoms with Gasteiger partial charge in [0.05, 0.1) is 0 Å². The van der Waals surface area contributed by atoms with E-state index in [0.717, 1.165) is 24.2 Å². The second-order valence-corrected chi connectivity index (χ2v) is 11.0. The maximum absolute atomic E-state index is 6.55. The van der Waals surface area contributed by atoms with Crippen molar-refractivity contribution in [2.24, 2.45) is 17.8 Å². The summed E-state index contributed by atoms with van der Waals surface area (Å²) in [5.74, 6) is 3.78. The molecule has 0 spiro atoms. The Morgan fingerprint density at radius 1 is 0.862 bits per heavy atom. The summed E-state index contributed by atoms with van der Waals surface area (Å²) >= 11 is 0. The van der Waals surface area contributed by atoms with E-state index in [1.807, 2.05) is 0 Å². The van der Waals surface area contributed by atoms with Gasteiger partial charge in [0.15, 0.2) is 0 Å². The van der Waals surface area contributed by atoms with Crippen molar-refractivity contribution in [3.05, 3.63) is 28.8 Å². The van der Waals surface area contributed by atoms with Crippen LogP contribution in [0.2, 0.25) is 0 Å². The van der Waals surface area contributed by atoms with E-state index >= 15 is 0 Å². The van der Waals surface area contributed by atoms with Crippen LogP contribution < -0.4 is 4.74 Å². The van der Waals surface area contributed by atoms with Crippen LogP contribution in [0.1, 0.15) is 116 Å². The molecule has 166 valence electrons. The van der Waals surface area contributed by atoms with Gasteiger partial charge in [-0.1, -0.05) is 90.3 Å². The molecule has 1 aliphatic rings. The molecule has 0 saturated heterocycles. The largest absolute Gasteiger partial charge is 0.487 e. The van der Waals surface area contributed by atoms with Crippen LogP contribution in [0.5, 0.6) is 5.75 Å². The topological polar surface area (TPSA) is 9.23 Å². The maximum Gasteiger partial charge on any atom is 0.126 e. The van der Waals surface area contributed by atoms with Crippen molar-refractivity contribution < 1.29 is 4.74 Å². The van der Waals surface area contributed by atoms with Gasteiger partial charge in [-0.15, -0.1) is 0 Å². The molecule has 1 aromatic carbocycles. The molecule has 0 N–H and O–H groups in total. The van der Waals surface area contributed by atoms with Crippen LogP contribution in [0.15, 0.2) is 12.1 Å². The molecule has 0 aliphatic carbocycles. The van der Waals surface area contributed by atoms with E-state index in [-0.39, 0.29) is 5.60 Å². The Bertz CT molecular complexity index is 617. The first-order chi connectivity index (χ1) is 13.7. The van der Waals surface area contributed by atoms with Crippen molar-refractivity contribution in [3.63, 3.8) is 0 Å². The zero-order valence-corrected chi connectivity index (χ0v) is 20.6. The van der Waals surface area contributed by atoms with Gasteiger partial charge in [0.25, 0.3) is 0 Å². The van der Waals surface area contributed by atoms with Crippen LogP contribution in [-0.2, 0) is 6.42 Å². The van der Waals surface area contributed by atoms with Gasteiger partial charge in [-0.3, -0.25) is 0 Å². The summed E-state index contributed by atoms with van der Waals surface area (Å²) in [6, 6.07) is 4.57. The van der Waals surface area contributed by atoms with Gasteiger partial charge in [0.1, 0.15) is 11.4 Å². The summed E-state index contributed by atoms with van der Waals surface area (Å²) in [4.78, 5) is 0. The molecule has 0 aromatic heterocycles. The van der Waals surface area contributed by atoms with Crippen molar-refractivity contribution in [1.82, 2.24) is 0 Å². The van der Waals surface area contributed by atoms with Crippen molar-refractivity contribution in [1.29, 1.82) is 0 Å². The quantitative estimate of drug-likeness (QED) is 0.340. The fourth-order valence-corrected chi connectivity index (χ4v) is 5.05. The highest BCUT2D eigenvalue weighted by Gasteiger charge is 2.32. The highest BCUT2D eigenvalue weighted by molar-refractivity contribution is 5.45. The van der Waals surface area contributed by atoms with Crippen molar-refractivity contribution in [2.45, 2.75) is 125 Å². The van der Waals surface area contributed by atoms with Crippen LogP contribution in [0.25, 0.3) is 0 Å². The summed E-state index contributed by atoms with van der Waals surface area (Å²) < 4.78 is 6.55. The Morgan fingerprint density at radius 3 is 2.07 bits per heavy atom. The number of aryl methyl sites for hydroxylation is 3. The lowest BCUT2D eigenvalue weighted by Crippen LogP contribution is -2.36. The first-order valence-electron chi connectivity index (χ1n) is 12.5. The lowest BCUT2D eigenvalue weighted by atomic mass is 9.85. The zero-order chi connectivity index (χ0) is 21.4. The lowest BCUT2D eigenvalue weighted by Gasteiger charge is -2.37. The SMILES string of the molecule is Cc1cc(C)c2c(c1)CC[C@@](C)(CCC[C@H](C)CCC[C@H](C)CCCC(C)C)O2. The first kappa shape index (κ1) is 24.3. The molecule has 3 atom stereocenters. The third-order valence-electron chi connectivity index (χ3n) is 7.04. The monoisotopic (exact) mass is 400 g/mol. The van der Waals surface area contributed by atoms with E-state index in [1.165, 1.54) is 86.6 Å². The Labute approximate surface area is 182 Å². The fourth-order valence-electron chi connectivity index (χ4n) is 5.05. The Hall–Kier alpha value is -0.980. The molecule has 0 fully saturated rings.